The third-order valence-electron chi connectivity index (χ3n) is 4.18. The van der Waals surface area contributed by atoms with Gasteiger partial charge in [0, 0.05) is 26.1 Å². The van der Waals surface area contributed by atoms with Gasteiger partial charge < -0.3 is 15.4 Å². The largest absolute Gasteiger partial charge is 0.376 e. The van der Waals surface area contributed by atoms with Crippen molar-refractivity contribution in [3.63, 3.8) is 0 Å². The number of nitrogens with one attached hydrogen (secondary N) is 2. The summed E-state index contributed by atoms with van der Waals surface area (Å²) in [6.45, 7) is 2.76. The lowest BCUT2D eigenvalue weighted by Crippen LogP contribution is -2.60. The molecular weight excluding hydrogens is 216 g/mol. The molecule has 2 N–H and O–H groups in total. The second kappa shape index (κ2) is 4.94. The first-order valence-electron chi connectivity index (χ1n) is 6.94. The van der Waals surface area contributed by atoms with E-state index in [1.54, 1.807) is 0 Å². The Balaban J connectivity index is 1.54. The minimum absolute atomic E-state index is 0.181. The average Bonchev–Trinajstić information content (AvgIpc) is 3.13. The van der Waals surface area contributed by atoms with Crippen molar-refractivity contribution in [3.05, 3.63) is 0 Å². The van der Waals surface area contributed by atoms with Gasteiger partial charge in [-0.1, -0.05) is 0 Å². The van der Waals surface area contributed by atoms with Gasteiger partial charge in [-0.3, -0.25) is 4.79 Å². The lowest BCUT2D eigenvalue weighted by Gasteiger charge is -2.41. The van der Waals surface area contributed by atoms with Crippen molar-refractivity contribution in [2.45, 2.75) is 44.2 Å². The van der Waals surface area contributed by atoms with Crippen molar-refractivity contribution in [2.75, 3.05) is 19.7 Å². The summed E-state index contributed by atoms with van der Waals surface area (Å²) in [4.78, 5) is 11.8. The van der Waals surface area contributed by atoms with Gasteiger partial charge in [0.2, 0.25) is 5.91 Å². The van der Waals surface area contributed by atoms with E-state index in [1.807, 2.05) is 0 Å². The van der Waals surface area contributed by atoms with E-state index in [2.05, 4.69) is 10.6 Å². The fourth-order valence-corrected chi connectivity index (χ4v) is 3.05. The molecule has 1 amide bonds. The topological polar surface area (TPSA) is 50.4 Å². The molecular formula is C13H22N2O2. The summed E-state index contributed by atoms with van der Waals surface area (Å²) in [6.07, 6.45) is 5.82. The zero-order valence-corrected chi connectivity index (χ0v) is 10.3. The minimum Gasteiger partial charge on any atom is -0.376 e. The molecule has 0 aromatic heterocycles. The highest BCUT2D eigenvalue weighted by Crippen LogP contribution is 2.32. The van der Waals surface area contributed by atoms with E-state index in [9.17, 15) is 4.79 Å². The van der Waals surface area contributed by atoms with Crippen molar-refractivity contribution in [3.8, 4) is 0 Å². The molecule has 0 aromatic carbocycles. The SMILES string of the molecule is O=C(CC1CC1)N[C@@H]1CNC[C@@H]2CCCO[C@@H]21. The lowest BCUT2D eigenvalue weighted by atomic mass is 9.86. The predicted molar refractivity (Wildman–Crippen MR) is 64.6 cm³/mol. The van der Waals surface area contributed by atoms with Crippen LogP contribution < -0.4 is 10.6 Å². The van der Waals surface area contributed by atoms with Gasteiger partial charge in [-0.2, -0.15) is 0 Å². The molecule has 0 radical (unpaired) electrons. The van der Waals surface area contributed by atoms with Gasteiger partial charge in [0.05, 0.1) is 12.1 Å². The predicted octanol–water partition coefficient (Wildman–Crippen LogP) is 0.670. The average molecular weight is 238 g/mol. The van der Waals surface area contributed by atoms with Gasteiger partial charge >= 0.3 is 0 Å². The van der Waals surface area contributed by atoms with E-state index >= 15 is 0 Å². The van der Waals surface area contributed by atoms with Crippen LogP contribution in [-0.2, 0) is 9.53 Å². The van der Waals surface area contributed by atoms with Crippen molar-refractivity contribution >= 4 is 5.91 Å². The highest BCUT2D eigenvalue weighted by molar-refractivity contribution is 5.76. The number of hydrogen-bond donors (Lipinski definition) is 2. The molecule has 0 spiro atoms. The quantitative estimate of drug-likeness (QED) is 0.760. The van der Waals surface area contributed by atoms with Gasteiger partial charge in [0.25, 0.3) is 0 Å². The Hall–Kier alpha value is -0.610. The molecule has 4 heteroatoms. The van der Waals surface area contributed by atoms with Gasteiger partial charge in [0.1, 0.15) is 0 Å². The van der Waals surface area contributed by atoms with Crippen LogP contribution in [0.4, 0.5) is 0 Å². The van der Waals surface area contributed by atoms with Gasteiger partial charge in [-0.15, -0.1) is 0 Å². The summed E-state index contributed by atoms with van der Waals surface area (Å²) in [5.74, 6) is 1.47. The monoisotopic (exact) mass is 238 g/mol. The van der Waals surface area contributed by atoms with Crippen LogP contribution in [-0.4, -0.2) is 37.7 Å². The van der Waals surface area contributed by atoms with Crippen molar-refractivity contribution in [2.24, 2.45) is 11.8 Å². The maximum absolute atomic E-state index is 11.8. The fourth-order valence-electron chi connectivity index (χ4n) is 3.05. The van der Waals surface area contributed by atoms with Crippen LogP contribution in [0.5, 0.6) is 0 Å². The van der Waals surface area contributed by atoms with Gasteiger partial charge in [0.15, 0.2) is 0 Å². The molecule has 1 saturated carbocycles. The number of rotatable bonds is 3. The Bertz CT molecular complexity index is 289. The highest BCUT2D eigenvalue weighted by Gasteiger charge is 2.37. The summed E-state index contributed by atoms with van der Waals surface area (Å²) in [5.41, 5.74) is 0. The first-order chi connectivity index (χ1) is 8.33. The van der Waals surface area contributed by atoms with E-state index in [0.717, 1.165) is 26.1 Å². The number of piperidine rings is 1. The molecule has 4 nitrogen and oxygen atoms in total. The Kier molecular flexibility index (Phi) is 3.34. The van der Waals surface area contributed by atoms with Crippen LogP contribution in [0.15, 0.2) is 0 Å². The number of fused-ring (bicyclic) bond motifs is 1. The number of amides is 1. The van der Waals surface area contributed by atoms with Gasteiger partial charge in [-0.25, -0.2) is 0 Å². The van der Waals surface area contributed by atoms with Crippen LogP contribution in [0.3, 0.4) is 0 Å². The minimum atomic E-state index is 0.181. The summed E-state index contributed by atoms with van der Waals surface area (Å²) >= 11 is 0. The normalized spacial score (nSPS) is 37.3. The molecule has 3 rings (SSSR count). The van der Waals surface area contributed by atoms with E-state index in [-0.39, 0.29) is 18.1 Å². The molecule has 3 atom stereocenters. The second-order valence-electron chi connectivity index (χ2n) is 5.72. The number of carbonyl (C=O) groups excluding carboxylic acids is 1. The molecule has 96 valence electrons. The van der Waals surface area contributed by atoms with Crippen LogP contribution in [0, 0.1) is 11.8 Å². The summed E-state index contributed by atoms with van der Waals surface area (Å²) in [5, 5.41) is 6.58. The molecule has 0 bridgehead atoms. The van der Waals surface area contributed by atoms with Crippen molar-refractivity contribution < 1.29 is 9.53 Å². The highest BCUT2D eigenvalue weighted by atomic mass is 16.5. The number of ether oxygens (including phenoxy) is 1. The fraction of sp³-hybridized carbons (Fsp3) is 0.923. The van der Waals surface area contributed by atoms with Crippen molar-refractivity contribution in [1.29, 1.82) is 0 Å². The van der Waals surface area contributed by atoms with Gasteiger partial charge in [-0.05, 0) is 37.5 Å². The smallest absolute Gasteiger partial charge is 0.220 e. The van der Waals surface area contributed by atoms with Crippen LogP contribution in [0.2, 0.25) is 0 Å². The summed E-state index contributed by atoms with van der Waals surface area (Å²) in [6, 6.07) is 0.181. The van der Waals surface area contributed by atoms with E-state index in [1.165, 1.54) is 19.3 Å². The van der Waals surface area contributed by atoms with E-state index < -0.39 is 0 Å². The lowest BCUT2D eigenvalue weighted by molar-refractivity contribution is -0.125. The Morgan fingerprint density at radius 2 is 2.18 bits per heavy atom. The van der Waals surface area contributed by atoms with E-state index in [0.29, 0.717) is 18.3 Å². The molecule has 2 heterocycles. The van der Waals surface area contributed by atoms with Crippen LogP contribution >= 0.6 is 0 Å². The maximum Gasteiger partial charge on any atom is 0.220 e. The zero-order chi connectivity index (χ0) is 11.7. The Morgan fingerprint density at radius 1 is 1.29 bits per heavy atom. The first-order valence-corrected chi connectivity index (χ1v) is 6.94. The molecule has 3 fully saturated rings. The summed E-state index contributed by atoms with van der Waals surface area (Å²) in [7, 11) is 0. The maximum atomic E-state index is 11.8. The molecule has 0 aromatic rings. The van der Waals surface area contributed by atoms with E-state index in [4.69, 9.17) is 4.74 Å². The first kappa shape index (κ1) is 11.5. The van der Waals surface area contributed by atoms with Crippen LogP contribution in [0.1, 0.15) is 32.1 Å². The third kappa shape index (κ3) is 2.80. The molecule has 2 saturated heterocycles. The molecule has 17 heavy (non-hydrogen) atoms. The Morgan fingerprint density at radius 3 is 3.00 bits per heavy atom. The Labute approximate surface area is 102 Å². The molecule has 1 aliphatic carbocycles. The standard InChI is InChI=1S/C13H22N2O2/c16-12(6-9-3-4-9)15-11-8-14-7-10-2-1-5-17-13(10)11/h9-11,13-14H,1-8H2,(H,15,16)/t10-,11+,13-/m0/s1. The zero-order valence-electron chi connectivity index (χ0n) is 10.3. The molecule has 2 aliphatic heterocycles. The molecule has 3 aliphatic rings. The number of carbonyl (C=O) groups is 1. The number of hydrogen-bond acceptors (Lipinski definition) is 3. The molecule has 0 unspecified atom stereocenters. The second-order valence-corrected chi connectivity index (χ2v) is 5.72. The van der Waals surface area contributed by atoms with Crippen molar-refractivity contribution in [1.82, 2.24) is 10.6 Å². The summed E-state index contributed by atoms with van der Waals surface area (Å²) < 4.78 is 5.86. The third-order valence-corrected chi connectivity index (χ3v) is 4.18. The van der Waals surface area contributed by atoms with Crippen LogP contribution in [0.25, 0.3) is 0 Å².